The van der Waals surface area contributed by atoms with E-state index < -0.39 is 6.04 Å². The van der Waals surface area contributed by atoms with Crippen molar-refractivity contribution >= 4 is 5.91 Å². The lowest BCUT2D eigenvalue weighted by atomic mass is 10.1. The van der Waals surface area contributed by atoms with Crippen LogP contribution in [0, 0.1) is 0 Å². The van der Waals surface area contributed by atoms with Crippen molar-refractivity contribution in [2.45, 2.75) is 6.04 Å². The first-order chi connectivity index (χ1) is 7.79. The number of carbonyl (C=O) groups excluding carboxylic acids is 1. The zero-order valence-corrected chi connectivity index (χ0v) is 9.00. The van der Waals surface area contributed by atoms with E-state index in [0.717, 1.165) is 0 Å². The standard InChI is InChI=1S/C11H15N3O2/c12-11(15)10(9-3-1-2-4-13-9)14-5-7-16-8-6-14/h1-4,10H,5-8H2,(H2,12,15). The predicted molar refractivity (Wildman–Crippen MR) is 58.6 cm³/mol. The van der Waals surface area contributed by atoms with Gasteiger partial charge in [0.2, 0.25) is 5.91 Å². The highest BCUT2D eigenvalue weighted by Gasteiger charge is 2.27. The Kier molecular flexibility index (Phi) is 3.48. The number of morpholine rings is 1. The smallest absolute Gasteiger partial charge is 0.241 e. The molecule has 5 nitrogen and oxygen atoms in total. The van der Waals surface area contributed by atoms with Crippen LogP contribution in [0.2, 0.25) is 0 Å². The Balaban J connectivity index is 2.20. The van der Waals surface area contributed by atoms with Gasteiger partial charge in [0.15, 0.2) is 0 Å². The predicted octanol–water partition coefficient (Wildman–Crippen LogP) is -0.0598. The molecule has 2 N–H and O–H groups in total. The van der Waals surface area contributed by atoms with Crippen LogP contribution in [0.15, 0.2) is 24.4 Å². The summed E-state index contributed by atoms with van der Waals surface area (Å²) < 4.78 is 5.25. The first-order valence-corrected chi connectivity index (χ1v) is 5.31. The SMILES string of the molecule is NC(=O)C(c1ccccn1)N1CCOCC1. The van der Waals surface area contributed by atoms with Gasteiger partial charge >= 0.3 is 0 Å². The van der Waals surface area contributed by atoms with Crippen LogP contribution in [0.3, 0.4) is 0 Å². The molecular formula is C11H15N3O2. The van der Waals surface area contributed by atoms with Crippen molar-refractivity contribution in [2.24, 2.45) is 5.73 Å². The van der Waals surface area contributed by atoms with E-state index in [4.69, 9.17) is 10.5 Å². The Morgan fingerprint density at radius 2 is 2.19 bits per heavy atom. The van der Waals surface area contributed by atoms with E-state index >= 15 is 0 Å². The third kappa shape index (κ3) is 2.37. The van der Waals surface area contributed by atoms with E-state index in [1.54, 1.807) is 6.20 Å². The molecule has 2 heterocycles. The number of rotatable bonds is 3. The number of ether oxygens (including phenoxy) is 1. The number of nitrogens with two attached hydrogens (primary N) is 1. The minimum Gasteiger partial charge on any atom is -0.379 e. The van der Waals surface area contributed by atoms with E-state index in [1.807, 2.05) is 23.1 Å². The van der Waals surface area contributed by atoms with Crippen LogP contribution in [0.1, 0.15) is 11.7 Å². The monoisotopic (exact) mass is 221 g/mol. The fraction of sp³-hybridized carbons (Fsp3) is 0.455. The second kappa shape index (κ2) is 5.05. The minimum absolute atomic E-state index is 0.361. The van der Waals surface area contributed by atoms with Crippen molar-refractivity contribution in [3.05, 3.63) is 30.1 Å². The maximum Gasteiger partial charge on any atom is 0.241 e. The molecule has 16 heavy (non-hydrogen) atoms. The first kappa shape index (κ1) is 11.0. The Bertz CT molecular complexity index is 350. The maximum absolute atomic E-state index is 11.5. The molecule has 0 saturated carbocycles. The number of amides is 1. The number of primary amides is 1. The lowest BCUT2D eigenvalue weighted by Crippen LogP contribution is -2.44. The fourth-order valence-corrected chi connectivity index (χ4v) is 1.89. The number of carbonyl (C=O) groups is 1. The van der Waals surface area contributed by atoms with Crippen LogP contribution >= 0.6 is 0 Å². The Labute approximate surface area is 94.2 Å². The molecule has 5 heteroatoms. The van der Waals surface area contributed by atoms with Crippen LogP contribution in [-0.4, -0.2) is 42.1 Å². The van der Waals surface area contributed by atoms with Crippen LogP contribution in [0.5, 0.6) is 0 Å². The summed E-state index contributed by atoms with van der Waals surface area (Å²) in [5.74, 6) is -0.361. The van der Waals surface area contributed by atoms with Crippen LogP contribution < -0.4 is 5.73 Å². The van der Waals surface area contributed by atoms with Crippen molar-refractivity contribution in [1.29, 1.82) is 0 Å². The summed E-state index contributed by atoms with van der Waals surface area (Å²) >= 11 is 0. The van der Waals surface area contributed by atoms with Crippen molar-refractivity contribution in [3.8, 4) is 0 Å². The summed E-state index contributed by atoms with van der Waals surface area (Å²) in [7, 11) is 0. The van der Waals surface area contributed by atoms with Crippen LogP contribution in [0.4, 0.5) is 0 Å². The molecule has 1 unspecified atom stereocenters. The molecule has 0 aromatic carbocycles. The molecule has 86 valence electrons. The second-order valence-corrected chi connectivity index (χ2v) is 3.71. The van der Waals surface area contributed by atoms with Gasteiger partial charge in [-0.1, -0.05) is 6.07 Å². The number of aromatic nitrogens is 1. The summed E-state index contributed by atoms with van der Waals surface area (Å²) in [6.45, 7) is 2.70. The van der Waals surface area contributed by atoms with Gasteiger partial charge in [0.05, 0.1) is 18.9 Å². The van der Waals surface area contributed by atoms with E-state index in [-0.39, 0.29) is 5.91 Å². The van der Waals surface area contributed by atoms with Crippen LogP contribution in [0.25, 0.3) is 0 Å². The Morgan fingerprint density at radius 3 is 2.75 bits per heavy atom. The number of hydrogen-bond acceptors (Lipinski definition) is 4. The molecule has 1 aliphatic rings. The molecular weight excluding hydrogens is 206 g/mol. The number of pyridine rings is 1. The normalized spacial score (nSPS) is 19.2. The minimum atomic E-state index is -0.440. The highest BCUT2D eigenvalue weighted by atomic mass is 16.5. The summed E-state index contributed by atoms with van der Waals surface area (Å²) in [4.78, 5) is 17.7. The highest BCUT2D eigenvalue weighted by Crippen LogP contribution is 2.19. The molecule has 2 rings (SSSR count). The van der Waals surface area contributed by atoms with Gasteiger partial charge in [-0.15, -0.1) is 0 Å². The largest absolute Gasteiger partial charge is 0.379 e. The number of nitrogens with zero attached hydrogens (tertiary/aromatic N) is 2. The summed E-state index contributed by atoms with van der Waals surface area (Å²) in [5, 5.41) is 0. The van der Waals surface area contributed by atoms with E-state index in [2.05, 4.69) is 4.98 Å². The average molecular weight is 221 g/mol. The van der Waals surface area contributed by atoms with Crippen molar-refractivity contribution in [1.82, 2.24) is 9.88 Å². The van der Waals surface area contributed by atoms with Crippen LogP contribution in [-0.2, 0) is 9.53 Å². The van der Waals surface area contributed by atoms with Gasteiger partial charge in [-0.3, -0.25) is 14.7 Å². The summed E-state index contributed by atoms with van der Waals surface area (Å²) in [6.07, 6.45) is 1.67. The first-order valence-electron chi connectivity index (χ1n) is 5.31. The van der Waals surface area contributed by atoms with Crippen molar-refractivity contribution in [3.63, 3.8) is 0 Å². The topological polar surface area (TPSA) is 68.5 Å². The number of hydrogen-bond donors (Lipinski definition) is 1. The van der Waals surface area contributed by atoms with Gasteiger partial charge in [-0.25, -0.2) is 0 Å². The molecule has 1 saturated heterocycles. The molecule has 0 spiro atoms. The average Bonchev–Trinajstić information content (AvgIpc) is 2.31. The molecule has 1 aliphatic heterocycles. The van der Waals surface area contributed by atoms with Gasteiger partial charge < -0.3 is 10.5 Å². The van der Waals surface area contributed by atoms with E-state index in [0.29, 0.717) is 32.0 Å². The molecule has 1 aromatic heterocycles. The lowest BCUT2D eigenvalue weighted by Gasteiger charge is -2.32. The van der Waals surface area contributed by atoms with Gasteiger partial charge in [-0.05, 0) is 12.1 Å². The van der Waals surface area contributed by atoms with Gasteiger partial charge in [0.25, 0.3) is 0 Å². The van der Waals surface area contributed by atoms with E-state index in [9.17, 15) is 4.79 Å². The second-order valence-electron chi connectivity index (χ2n) is 3.71. The fourth-order valence-electron chi connectivity index (χ4n) is 1.89. The Hall–Kier alpha value is -1.46. The highest BCUT2D eigenvalue weighted by molar-refractivity contribution is 5.80. The van der Waals surface area contributed by atoms with Crippen molar-refractivity contribution in [2.75, 3.05) is 26.3 Å². The molecule has 1 aromatic rings. The zero-order chi connectivity index (χ0) is 11.4. The summed E-state index contributed by atoms with van der Waals surface area (Å²) in [6, 6.07) is 5.06. The Morgan fingerprint density at radius 1 is 1.44 bits per heavy atom. The molecule has 0 bridgehead atoms. The van der Waals surface area contributed by atoms with Gasteiger partial charge in [-0.2, -0.15) is 0 Å². The lowest BCUT2D eigenvalue weighted by molar-refractivity contribution is -0.125. The van der Waals surface area contributed by atoms with Gasteiger partial charge in [0, 0.05) is 19.3 Å². The molecule has 0 radical (unpaired) electrons. The maximum atomic E-state index is 11.5. The molecule has 0 aliphatic carbocycles. The third-order valence-corrected chi connectivity index (χ3v) is 2.65. The van der Waals surface area contributed by atoms with Crippen molar-refractivity contribution < 1.29 is 9.53 Å². The molecule has 1 amide bonds. The quantitative estimate of drug-likeness (QED) is 0.776. The molecule has 1 fully saturated rings. The zero-order valence-electron chi connectivity index (χ0n) is 9.00. The third-order valence-electron chi connectivity index (χ3n) is 2.65. The van der Waals surface area contributed by atoms with Gasteiger partial charge in [0.1, 0.15) is 6.04 Å². The van der Waals surface area contributed by atoms with E-state index in [1.165, 1.54) is 0 Å². The summed E-state index contributed by atoms with van der Waals surface area (Å²) in [5.41, 5.74) is 6.14. The molecule has 1 atom stereocenters.